The van der Waals surface area contributed by atoms with E-state index in [2.05, 4.69) is 0 Å². The zero-order chi connectivity index (χ0) is 17.6. The molecular formula is C21H25FO3. The first-order valence-corrected chi connectivity index (χ1v) is 9.30. The lowest BCUT2D eigenvalue weighted by Crippen LogP contribution is -2.48. The Kier molecular flexibility index (Phi) is 4.09. The Morgan fingerprint density at radius 1 is 1.24 bits per heavy atom. The highest BCUT2D eigenvalue weighted by Gasteiger charge is 2.51. The largest absolute Gasteiger partial charge is 0.492 e. The molecule has 25 heavy (non-hydrogen) atoms. The van der Waals surface area contributed by atoms with E-state index in [4.69, 9.17) is 9.84 Å². The summed E-state index contributed by atoms with van der Waals surface area (Å²) in [7, 11) is 0. The van der Waals surface area contributed by atoms with Crippen LogP contribution >= 0.6 is 0 Å². The molecule has 0 saturated heterocycles. The minimum absolute atomic E-state index is 0.240. The Balaban J connectivity index is 1.56. The second-order valence-corrected chi connectivity index (χ2v) is 8.38. The lowest BCUT2D eigenvalue weighted by Gasteiger charge is -2.56. The number of carboxylic acid groups (broad SMARTS) is 1. The van der Waals surface area contributed by atoms with Gasteiger partial charge >= 0.3 is 5.97 Å². The van der Waals surface area contributed by atoms with E-state index in [1.54, 1.807) is 6.08 Å². The van der Waals surface area contributed by atoms with Gasteiger partial charge < -0.3 is 9.84 Å². The van der Waals surface area contributed by atoms with E-state index in [9.17, 15) is 9.18 Å². The van der Waals surface area contributed by atoms with Gasteiger partial charge in [-0.3, -0.25) is 0 Å². The molecule has 1 N–H and O–H groups in total. The molecule has 0 atom stereocenters. The van der Waals surface area contributed by atoms with Gasteiger partial charge in [-0.2, -0.15) is 0 Å². The molecule has 0 radical (unpaired) electrons. The molecule has 1 aromatic carbocycles. The highest BCUT2D eigenvalue weighted by atomic mass is 19.1. The second kappa shape index (κ2) is 6.15. The number of ether oxygens (including phenoxy) is 1. The van der Waals surface area contributed by atoms with Crippen LogP contribution in [-0.2, 0) is 0 Å². The number of benzene rings is 1. The second-order valence-electron chi connectivity index (χ2n) is 8.38. The lowest BCUT2D eigenvalue weighted by molar-refractivity contribution is -0.0746. The third-order valence-corrected chi connectivity index (χ3v) is 6.38. The molecule has 0 aliphatic heterocycles. The predicted octanol–water partition coefficient (Wildman–Crippen LogP) is 5.15. The van der Waals surface area contributed by atoms with Crippen molar-refractivity contribution < 1.29 is 19.0 Å². The molecule has 0 aromatic heterocycles. The summed E-state index contributed by atoms with van der Waals surface area (Å²) in [5, 5.41) is 9.13. The van der Waals surface area contributed by atoms with Gasteiger partial charge in [-0.15, -0.1) is 0 Å². The van der Waals surface area contributed by atoms with E-state index < -0.39 is 11.8 Å². The highest BCUT2D eigenvalue weighted by molar-refractivity contribution is 5.89. The van der Waals surface area contributed by atoms with Crippen LogP contribution in [0.2, 0.25) is 0 Å². The van der Waals surface area contributed by atoms with Gasteiger partial charge in [0.15, 0.2) is 0 Å². The molecule has 0 spiro atoms. The number of hydrogen-bond donors (Lipinski definition) is 1. The minimum atomic E-state index is -1.25. The van der Waals surface area contributed by atoms with Gasteiger partial charge in [0.25, 0.3) is 0 Å². The van der Waals surface area contributed by atoms with Gasteiger partial charge in [0, 0.05) is 17.0 Å². The maximum absolute atomic E-state index is 14.1. The first-order valence-electron chi connectivity index (χ1n) is 9.30. The number of allylic oxidation sites excluding steroid dienone is 1. The number of aromatic carboxylic acids is 1. The molecule has 0 heterocycles. The molecule has 4 saturated carbocycles. The van der Waals surface area contributed by atoms with Crippen LogP contribution in [0.1, 0.15) is 61.4 Å². The van der Waals surface area contributed by atoms with Crippen LogP contribution in [0.4, 0.5) is 4.39 Å². The average molecular weight is 344 g/mol. The summed E-state index contributed by atoms with van der Waals surface area (Å²) in [5.74, 6) is 0.997. The highest BCUT2D eigenvalue weighted by Crippen LogP contribution is 2.60. The summed E-state index contributed by atoms with van der Waals surface area (Å²) in [6.45, 7) is 2.47. The maximum Gasteiger partial charge on any atom is 0.338 e. The molecular weight excluding hydrogens is 319 g/mol. The van der Waals surface area contributed by atoms with Crippen molar-refractivity contribution in [3.05, 3.63) is 35.2 Å². The van der Waals surface area contributed by atoms with Gasteiger partial charge in [0.05, 0.1) is 12.2 Å². The Morgan fingerprint density at radius 3 is 2.36 bits per heavy atom. The zero-order valence-corrected chi connectivity index (χ0v) is 14.6. The number of rotatable bonds is 5. The van der Waals surface area contributed by atoms with Gasteiger partial charge in [-0.1, -0.05) is 12.2 Å². The van der Waals surface area contributed by atoms with Crippen molar-refractivity contribution in [1.82, 2.24) is 0 Å². The Labute approximate surface area is 147 Å². The molecule has 3 nitrogen and oxygen atoms in total. The van der Waals surface area contributed by atoms with Crippen molar-refractivity contribution in [2.45, 2.75) is 45.4 Å². The smallest absolute Gasteiger partial charge is 0.338 e. The normalized spacial score (nSPS) is 33.1. The van der Waals surface area contributed by atoms with E-state index in [0.717, 1.165) is 17.8 Å². The monoisotopic (exact) mass is 344 g/mol. The fourth-order valence-corrected chi connectivity index (χ4v) is 5.87. The van der Waals surface area contributed by atoms with Crippen LogP contribution in [0.5, 0.6) is 5.75 Å². The molecule has 4 fully saturated rings. The summed E-state index contributed by atoms with van der Waals surface area (Å²) in [4.78, 5) is 11.2. The fraction of sp³-hybridized carbons (Fsp3) is 0.571. The lowest BCUT2D eigenvalue weighted by atomic mass is 9.50. The van der Waals surface area contributed by atoms with E-state index in [1.807, 2.05) is 13.0 Å². The SMILES string of the molecule is CC=Cc1cc(C(=O)O)c(F)cc1OCC12CC3CC(CC(C3)C1)C2. The third-order valence-electron chi connectivity index (χ3n) is 6.38. The van der Waals surface area contributed by atoms with Crippen LogP contribution < -0.4 is 4.74 Å². The molecule has 4 bridgehead atoms. The quantitative estimate of drug-likeness (QED) is 0.803. The topological polar surface area (TPSA) is 46.5 Å². The summed E-state index contributed by atoms with van der Waals surface area (Å²) in [6.07, 6.45) is 11.4. The average Bonchev–Trinajstić information content (AvgIpc) is 2.53. The summed E-state index contributed by atoms with van der Waals surface area (Å²) >= 11 is 0. The van der Waals surface area contributed by atoms with E-state index >= 15 is 0 Å². The summed E-state index contributed by atoms with van der Waals surface area (Å²) < 4.78 is 20.2. The Bertz CT molecular complexity index is 687. The van der Waals surface area contributed by atoms with Gasteiger partial charge in [0.1, 0.15) is 11.6 Å². The van der Waals surface area contributed by atoms with Crippen molar-refractivity contribution in [2.24, 2.45) is 23.2 Å². The van der Waals surface area contributed by atoms with E-state index in [1.165, 1.54) is 50.7 Å². The molecule has 4 aliphatic rings. The molecule has 5 rings (SSSR count). The number of carbonyl (C=O) groups is 1. The van der Waals surface area contributed by atoms with Crippen LogP contribution in [0, 0.1) is 29.0 Å². The van der Waals surface area contributed by atoms with Gasteiger partial charge in [-0.25, -0.2) is 9.18 Å². The summed E-state index contributed by atoms with van der Waals surface area (Å²) in [6, 6.07) is 2.60. The molecule has 0 amide bonds. The fourth-order valence-electron chi connectivity index (χ4n) is 5.87. The van der Waals surface area contributed by atoms with Crippen molar-refractivity contribution in [3.8, 4) is 5.75 Å². The number of carboxylic acids is 1. The number of hydrogen-bond acceptors (Lipinski definition) is 2. The first-order chi connectivity index (χ1) is 12.0. The zero-order valence-electron chi connectivity index (χ0n) is 14.6. The van der Waals surface area contributed by atoms with E-state index in [-0.39, 0.29) is 11.0 Å². The molecule has 0 unspecified atom stereocenters. The predicted molar refractivity (Wildman–Crippen MR) is 94.2 cm³/mol. The Morgan fingerprint density at radius 2 is 1.84 bits per heavy atom. The summed E-state index contributed by atoms with van der Waals surface area (Å²) in [5.41, 5.74) is 0.561. The maximum atomic E-state index is 14.1. The number of halogens is 1. The van der Waals surface area contributed by atoms with Crippen molar-refractivity contribution in [3.63, 3.8) is 0 Å². The van der Waals surface area contributed by atoms with Crippen molar-refractivity contribution in [2.75, 3.05) is 6.61 Å². The van der Waals surface area contributed by atoms with Crippen LogP contribution in [0.15, 0.2) is 18.2 Å². The van der Waals surface area contributed by atoms with Crippen LogP contribution in [0.25, 0.3) is 6.08 Å². The van der Waals surface area contributed by atoms with Gasteiger partial charge in [0.2, 0.25) is 0 Å². The Hall–Kier alpha value is -1.84. The standard InChI is InChI=1S/C21H25FO3/c1-2-3-16-7-17(20(23)24)18(22)8-19(16)25-12-21-9-13-4-14(10-21)6-15(5-13)11-21/h2-3,7-8,13-15H,4-6,9-12H2,1H3,(H,23,24). The van der Waals surface area contributed by atoms with Crippen molar-refractivity contribution in [1.29, 1.82) is 0 Å². The van der Waals surface area contributed by atoms with Crippen molar-refractivity contribution >= 4 is 12.0 Å². The molecule has 4 heteroatoms. The minimum Gasteiger partial charge on any atom is -0.492 e. The molecule has 4 aliphatic carbocycles. The van der Waals surface area contributed by atoms with E-state index in [0.29, 0.717) is 17.9 Å². The van der Waals surface area contributed by atoms with Crippen LogP contribution in [0.3, 0.4) is 0 Å². The molecule has 1 aromatic rings. The molecule has 134 valence electrons. The van der Waals surface area contributed by atoms with Crippen LogP contribution in [-0.4, -0.2) is 17.7 Å². The third kappa shape index (κ3) is 3.07. The van der Waals surface area contributed by atoms with Gasteiger partial charge in [-0.05, 0) is 69.3 Å². The first kappa shape index (κ1) is 16.6.